The molecule has 1 fully saturated rings. The minimum atomic E-state index is -0.312. The summed E-state index contributed by atoms with van der Waals surface area (Å²) < 4.78 is 0. The van der Waals surface area contributed by atoms with E-state index in [1.165, 1.54) is 0 Å². The second kappa shape index (κ2) is 3.42. The van der Waals surface area contributed by atoms with Gasteiger partial charge in [-0.15, -0.1) is 0 Å². The number of thioether (sulfide) groups is 1. The van der Waals surface area contributed by atoms with E-state index in [-0.39, 0.29) is 5.91 Å². The molecule has 2 N–H and O–H groups in total. The minimum Gasteiger partial charge on any atom is -0.366 e. The van der Waals surface area contributed by atoms with Gasteiger partial charge in [-0.2, -0.15) is 11.8 Å². The fourth-order valence-corrected chi connectivity index (χ4v) is 2.32. The normalized spacial score (nSPS) is 16.6. The molecular weight excluding hydrogens is 182 g/mol. The number of primary amides is 1. The molecule has 0 aliphatic carbocycles. The van der Waals surface area contributed by atoms with E-state index in [1.54, 1.807) is 6.07 Å². The standard InChI is InChI=1S/C10H11NOS/c11-10(12)9-4-2-1-3-8(9)7-5-13-6-7/h1-4,7H,5-6H2,(H2,11,12). The summed E-state index contributed by atoms with van der Waals surface area (Å²) in [7, 11) is 0. The van der Waals surface area contributed by atoms with Gasteiger partial charge in [0.25, 0.3) is 0 Å². The number of carbonyl (C=O) groups excluding carboxylic acids is 1. The zero-order chi connectivity index (χ0) is 9.26. The van der Waals surface area contributed by atoms with E-state index in [4.69, 9.17) is 5.73 Å². The molecule has 0 spiro atoms. The molecule has 1 amide bonds. The Morgan fingerprint density at radius 1 is 1.38 bits per heavy atom. The predicted octanol–water partition coefficient (Wildman–Crippen LogP) is 1.62. The van der Waals surface area contributed by atoms with Crippen LogP contribution in [-0.2, 0) is 0 Å². The minimum absolute atomic E-state index is 0.312. The van der Waals surface area contributed by atoms with Crippen LogP contribution < -0.4 is 5.73 Å². The van der Waals surface area contributed by atoms with Gasteiger partial charge < -0.3 is 5.73 Å². The van der Waals surface area contributed by atoms with Crippen molar-refractivity contribution >= 4 is 17.7 Å². The molecule has 1 heterocycles. The fraction of sp³-hybridized carbons (Fsp3) is 0.300. The first-order valence-corrected chi connectivity index (χ1v) is 5.41. The molecule has 0 aromatic heterocycles. The van der Waals surface area contributed by atoms with Crippen molar-refractivity contribution in [2.75, 3.05) is 11.5 Å². The van der Waals surface area contributed by atoms with E-state index < -0.39 is 0 Å². The maximum Gasteiger partial charge on any atom is 0.248 e. The largest absolute Gasteiger partial charge is 0.366 e. The van der Waals surface area contributed by atoms with Gasteiger partial charge in [0.05, 0.1) is 0 Å². The summed E-state index contributed by atoms with van der Waals surface area (Å²) in [6.45, 7) is 0. The Bertz CT molecular complexity index is 333. The van der Waals surface area contributed by atoms with Gasteiger partial charge in [-0.3, -0.25) is 4.79 Å². The third kappa shape index (κ3) is 1.56. The van der Waals surface area contributed by atoms with Crippen molar-refractivity contribution in [2.45, 2.75) is 5.92 Å². The van der Waals surface area contributed by atoms with Crippen LogP contribution in [0.1, 0.15) is 21.8 Å². The molecule has 13 heavy (non-hydrogen) atoms. The van der Waals surface area contributed by atoms with Crippen LogP contribution in [0.2, 0.25) is 0 Å². The maximum atomic E-state index is 11.1. The number of carbonyl (C=O) groups is 1. The summed E-state index contributed by atoms with van der Waals surface area (Å²) in [4.78, 5) is 11.1. The average molecular weight is 193 g/mol. The number of amides is 1. The Morgan fingerprint density at radius 3 is 2.62 bits per heavy atom. The zero-order valence-corrected chi connectivity index (χ0v) is 8.01. The lowest BCUT2D eigenvalue weighted by molar-refractivity contribution is 0.0999. The zero-order valence-electron chi connectivity index (χ0n) is 7.19. The first kappa shape index (κ1) is 8.63. The molecule has 1 aromatic rings. The van der Waals surface area contributed by atoms with Crippen LogP contribution in [0, 0.1) is 0 Å². The van der Waals surface area contributed by atoms with E-state index in [0.29, 0.717) is 11.5 Å². The molecular formula is C10H11NOS. The number of benzene rings is 1. The summed E-state index contributed by atoms with van der Waals surface area (Å²) in [6.07, 6.45) is 0. The predicted molar refractivity (Wildman–Crippen MR) is 55.0 cm³/mol. The van der Waals surface area contributed by atoms with Crippen molar-refractivity contribution in [1.82, 2.24) is 0 Å². The molecule has 0 bridgehead atoms. The van der Waals surface area contributed by atoms with Gasteiger partial charge in [0.2, 0.25) is 5.91 Å². The summed E-state index contributed by atoms with van der Waals surface area (Å²) in [5.74, 6) is 2.45. The number of hydrogen-bond acceptors (Lipinski definition) is 2. The van der Waals surface area contributed by atoms with Crippen molar-refractivity contribution in [1.29, 1.82) is 0 Å². The number of nitrogens with two attached hydrogens (primary N) is 1. The highest BCUT2D eigenvalue weighted by atomic mass is 32.2. The molecule has 0 radical (unpaired) electrons. The van der Waals surface area contributed by atoms with E-state index in [2.05, 4.69) is 0 Å². The molecule has 1 aliphatic rings. The molecule has 0 unspecified atom stereocenters. The number of rotatable bonds is 2. The van der Waals surface area contributed by atoms with E-state index in [0.717, 1.165) is 17.1 Å². The van der Waals surface area contributed by atoms with Gasteiger partial charge in [0, 0.05) is 23.0 Å². The van der Waals surface area contributed by atoms with Crippen molar-refractivity contribution in [3.63, 3.8) is 0 Å². The van der Waals surface area contributed by atoms with Crippen molar-refractivity contribution in [2.24, 2.45) is 5.73 Å². The summed E-state index contributed by atoms with van der Waals surface area (Å²) in [6, 6.07) is 7.63. The SMILES string of the molecule is NC(=O)c1ccccc1C1CSC1. The summed E-state index contributed by atoms with van der Waals surface area (Å²) in [5.41, 5.74) is 7.09. The molecule has 68 valence electrons. The Kier molecular flexibility index (Phi) is 2.27. The van der Waals surface area contributed by atoms with Crippen LogP contribution in [-0.4, -0.2) is 17.4 Å². The highest BCUT2D eigenvalue weighted by molar-refractivity contribution is 8.00. The van der Waals surface area contributed by atoms with Crippen LogP contribution in [0.4, 0.5) is 0 Å². The van der Waals surface area contributed by atoms with E-state index in [1.807, 2.05) is 30.0 Å². The van der Waals surface area contributed by atoms with Gasteiger partial charge in [-0.1, -0.05) is 18.2 Å². The lowest BCUT2D eigenvalue weighted by Crippen LogP contribution is -2.21. The molecule has 0 saturated carbocycles. The van der Waals surface area contributed by atoms with Crippen LogP contribution >= 0.6 is 11.8 Å². The second-order valence-electron chi connectivity index (χ2n) is 3.19. The first-order chi connectivity index (χ1) is 6.29. The Morgan fingerprint density at radius 2 is 2.08 bits per heavy atom. The third-order valence-electron chi connectivity index (χ3n) is 2.30. The van der Waals surface area contributed by atoms with Gasteiger partial charge in [0.15, 0.2) is 0 Å². The third-order valence-corrected chi connectivity index (χ3v) is 3.58. The molecule has 3 heteroatoms. The van der Waals surface area contributed by atoms with Crippen LogP contribution in [0.25, 0.3) is 0 Å². The topological polar surface area (TPSA) is 43.1 Å². The maximum absolute atomic E-state index is 11.1. The van der Waals surface area contributed by atoms with E-state index in [9.17, 15) is 4.79 Å². The molecule has 2 rings (SSSR count). The second-order valence-corrected chi connectivity index (χ2v) is 4.26. The quantitative estimate of drug-likeness (QED) is 0.775. The van der Waals surface area contributed by atoms with Gasteiger partial charge in [-0.05, 0) is 11.6 Å². The number of hydrogen-bond donors (Lipinski definition) is 1. The van der Waals surface area contributed by atoms with E-state index >= 15 is 0 Å². The first-order valence-electron chi connectivity index (χ1n) is 4.25. The summed E-state index contributed by atoms with van der Waals surface area (Å²) in [5, 5.41) is 0. The van der Waals surface area contributed by atoms with Gasteiger partial charge in [-0.25, -0.2) is 0 Å². The van der Waals surface area contributed by atoms with Crippen LogP contribution in [0.5, 0.6) is 0 Å². The fourth-order valence-electron chi connectivity index (χ4n) is 1.49. The average Bonchev–Trinajstić information content (AvgIpc) is 2.02. The highest BCUT2D eigenvalue weighted by Gasteiger charge is 2.23. The van der Waals surface area contributed by atoms with Crippen LogP contribution in [0.3, 0.4) is 0 Å². The molecule has 1 aromatic carbocycles. The smallest absolute Gasteiger partial charge is 0.248 e. The Labute approximate surface area is 81.5 Å². The monoisotopic (exact) mass is 193 g/mol. The molecule has 2 nitrogen and oxygen atoms in total. The van der Waals surface area contributed by atoms with Gasteiger partial charge in [0.1, 0.15) is 0 Å². The lowest BCUT2D eigenvalue weighted by atomic mass is 9.96. The lowest BCUT2D eigenvalue weighted by Gasteiger charge is -2.26. The van der Waals surface area contributed by atoms with Crippen molar-refractivity contribution in [3.05, 3.63) is 35.4 Å². The Hall–Kier alpha value is -0.960. The van der Waals surface area contributed by atoms with Gasteiger partial charge >= 0.3 is 0 Å². The highest BCUT2D eigenvalue weighted by Crippen LogP contribution is 2.35. The molecule has 1 saturated heterocycles. The van der Waals surface area contributed by atoms with Crippen molar-refractivity contribution < 1.29 is 4.79 Å². The summed E-state index contributed by atoms with van der Waals surface area (Å²) >= 11 is 1.91. The molecule has 1 aliphatic heterocycles. The molecule has 0 atom stereocenters. The van der Waals surface area contributed by atoms with Crippen LogP contribution in [0.15, 0.2) is 24.3 Å². The van der Waals surface area contributed by atoms with Crippen molar-refractivity contribution in [3.8, 4) is 0 Å². The Balaban J connectivity index is 2.36.